The van der Waals surface area contributed by atoms with E-state index in [0.29, 0.717) is 0 Å². The zero-order valence-electron chi connectivity index (χ0n) is 15.0. The van der Waals surface area contributed by atoms with Crippen molar-refractivity contribution in [1.29, 1.82) is 0 Å². The van der Waals surface area contributed by atoms with Crippen molar-refractivity contribution >= 4 is 16.0 Å². The summed E-state index contributed by atoms with van der Waals surface area (Å²) in [5.41, 5.74) is 0.126. The Morgan fingerprint density at radius 1 is 1.07 bits per heavy atom. The zero-order valence-corrected chi connectivity index (χ0v) is 15.8. The fourth-order valence-electron chi connectivity index (χ4n) is 2.93. The molecule has 2 atom stereocenters. The van der Waals surface area contributed by atoms with Gasteiger partial charge in [0.2, 0.25) is 10.0 Å². The molecule has 0 bridgehead atoms. The topological polar surface area (TPSA) is 72.9 Å². The first-order chi connectivity index (χ1) is 12.8. The summed E-state index contributed by atoms with van der Waals surface area (Å²) >= 11 is 0. The van der Waals surface area contributed by atoms with Crippen molar-refractivity contribution in [1.82, 2.24) is 4.31 Å². The van der Waals surface area contributed by atoms with Gasteiger partial charge in [-0.1, -0.05) is 12.1 Å². The first kappa shape index (κ1) is 19.5. The second-order valence-electron chi connectivity index (χ2n) is 6.42. The van der Waals surface area contributed by atoms with Gasteiger partial charge in [0.25, 0.3) is 0 Å². The summed E-state index contributed by atoms with van der Waals surface area (Å²) in [6.45, 7) is 4.17. The van der Waals surface area contributed by atoms with Gasteiger partial charge in [0, 0.05) is 13.1 Å². The number of rotatable bonds is 4. The number of ether oxygens (including phenoxy) is 2. The Hall–Kier alpha value is -2.29. The SMILES string of the molecule is C[C@@H]1CN(S(=O)(=O)c2ccc(C(=O)Oc3ccccc3F)cc2)C[C@H](C)O1. The van der Waals surface area contributed by atoms with Crippen LogP contribution in [0.15, 0.2) is 53.4 Å². The Bertz CT molecular complexity index is 919. The predicted octanol–water partition coefficient (Wildman–Crippen LogP) is 2.84. The molecule has 1 aliphatic heterocycles. The van der Waals surface area contributed by atoms with Crippen LogP contribution < -0.4 is 4.74 Å². The van der Waals surface area contributed by atoms with Gasteiger partial charge < -0.3 is 9.47 Å². The smallest absolute Gasteiger partial charge is 0.343 e. The van der Waals surface area contributed by atoms with E-state index in [2.05, 4.69) is 0 Å². The van der Waals surface area contributed by atoms with Crippen molar-refractivity contribution in [3.8, 4) is 5.75 Å². The normalized spacial score (nSPS) is 21.0. The average Bonchev–Trinajstić information content (AvgIpc) is 2.63. The highest BCUT2D eigenvalue weighted by molar-refractivity contribution is 7.89. The lowest BCUT2D eigenvalue weighted by Gasteiger charge is -2.34. The monoisotopic (exact) mass is 393 g/mol. The number of hydrogen-bond donors (Lipinski definition) is 0. The van der Waals surface area contributed by atoms with Crippen molar-refractivity contribution in [2.24, 2.45) is 0 Å². The number of nitrogens with zero attached hydrogens (tertiary/aromatic N) is 1. The minimum absolute atomic E-state index is 0.0752. The summed E-state index contributed by atoms with van der Waals surface area (Å²) in [5.74, 6) is -1.60. The second kappa shape index (κ2) is 7.75. The number of halogens is 1. The molecule has 0 aromatic heterocycles. The lowest BCUT2D eigenvalue weighted by molar-refractivity contribution is -0.0440. The molecule has 0 saturated carbocycles. The Morgan fingerprint density at radius 2 is 1.67 bits per heavy atom. The van der Waals surface area contributed by atoms with Crippen LogP contribution in [0.2, 0.25) is 0 Å². The maximum Gasteiger partial charge on any atom is 0.343 e. The molecule has 27 heavy (non-hydrogen) atoms. The number of benzene rings is 2. The lowest BCUT2D eigenvalue weighted by Crippen LogP contribution is -2.48. The van der Waals surface area contributed by atoms with Crippen LogP contribution in [0.1, 0.15) is 24.2 Å². The van der Waals surface area contributed by atoms with Gasteiger partial charge in [-0.05, 0) is 50.2 Å². The first-order valence-electron chi connectivity index (χ1n) is 8.50. The molecule has 2 aromatic carbocycles. The molecule has 1 aliphatic rings. The van der Waals surface area contributed by atoms with E-state index in [9.17, 15) is 17.6 Å². The quantitative estimate of drug-likeness (QED) is 0.590. The van der Waals surface area contributed by atoms with Gasteiger partial charge in [-0.25, -0.2) is 17.6 Å². The van der Waals surface area contributed by atoms with E-state index >= 15 is 0 Å². The van der Waals surface area contributed by atoms with Gasteiger partial charge in [0.15, 0.2) is 11.6 Å². The van der Waals surface area contributed by atoms with Gasteiger partial charge >= 0.3 is 5.97 Å². The fraction of sp³-hybridized carbons (Fsp3) is 0.316. The summed E-state index contributed by atoms with van der Waals surface area (Å²) in [5, 5.41) is 0. The van der Waals surface area contributed by atoms with E-state index in [1.807, 2.05) is 13.8 Å². The molecule has 8 heteroatoms. The zero-order chi connectivity index (χ0) is 19.6. The molecule has 0 aliphatic carbocycles. The third-order valence-corrected chi connectivity index (χ3v) is 6.00. The summed E-state index contributed by atoms with van der Waals surface area (Å²) < 4.78 is 51.1. The molecule has 0 spiro atoms. The third kappa shape index (κ3) is 4.35. The number of carbonyl (C=O) groups excluding carboxylic acids is 1. The van der Waals surface area contributed by atoms with E-state index in [4.69, 9.17) is 9.47 Å². The van der Waals surface area contributed by atoms with E-state index in [-0.39, 0.29) is 41.5 Å². The Labute approximate surface area is 157 Å². The minimum Gasteiger partial charge on any atom is -0.420 e. The van der Waals surface area contributed by atoms with Crippen molar-refractivity contribution in [3.05, 3.63) is 59.9 Å². The maximum absolute atomic E-state index is 13.6. The van der Waals surface area contributed by atoms with Crippen molar-refractivity contribution in [3.63, 3.8) is 0 Å². The highest BCUT2D eigenvalue weighted by Gasteiger charge is 2.32. The van der Waals surface area contributed by atoms with Crippen LogP contribution in [0.5, 0.6) is 5.75 Å². The molecule has 0 radical (unpaired) electrons. The van der Waals surface area contributed by atoms with Crippen LogP contribution in [0.4, 0.5) is 4.39 Å². The number of sulfonamides is 1. The van der Waals surface area contributed by atoms with E-state index in [0.717, 1.165) is 0 Å². The number of carbonyl (C=O) groups is 1. The average molecular weight is 393 g/mol. The molecule has 6 nitrogen and oxygen atoms in total. The van der Waals surface area contributed by atoms with E-state index < -0.39 is 21.8 Å². The molecule has 1 fully saturated rings. The molecule has 1 heterocycles. The maximum atomic E-state index is 13.6. The van der Waals surface area contributed by atoms with Gasteiger partial charge in [-0.3, -0.25) is 0 Å². The predicted molar refractivity (Wildman–Crippen MR) is 96.6 cm³/mol. The largest absolute Gasteiger partial charge is 0.420 e. The molecular formula is C19H20FNO5S. The van der Waals surface area contributed by atoms with Crippen molar-refractivity contribution in [2.45, 2.75) is 31.0 Å². The number of esters is 1. The van der Waals surface area contributed by atoms with E-state index in [1.54, 1.807) is 6.07 Å². The van der Waals surface area contributed by atoms with Crippen LogP contribution in [-0.2, 0) is 14.8 Å². The van der Waals surface area contributed by atoms with Gasteiger partial charge in [0.05, 0.1) is 22.7 Å². The summed E-state index contributed by atoms with van der Waals surface area (Å²) in [4.78, 5) is 12.2. The highest BCUT2D eigenvalue weighted by Crippen LogP contribution is 2.22. The third-order valence-electron chi connectivity index (χ3n) is 4.15. The number of hydrogen-bond acceptors (Lipinski definition) is 5. The standard InChI is InChI=1S/C19H20FNO5S/c1-13-11-21(12-14(2)25-13)27(23,24)16-9-7-15(8-10-16)19(22)26-18-6-4-3-5-17(18)20/h3-10,13-14H,11-12H2,1-2H3/t13-,14+. The van der Waals surface area contributed by atoms with Crippen LogP contribution in [0, 0.1) is 5.82 Å². The molecule has 3 rings (SSSR count). The van der Waals surface area contributed by atoms with Crippen molar-refractivity contribution < 1.29 is 27.1 Å². The molecule has 0 amide bonds. The van der Waals surface area contributed by atoms with E-state index in [1.165, 1.54) is 46.8 Å². The first-order valence-corrected chi connectivity index (χ1v) is 9.94. The Kier molecular flexibility index (Phi) is 5.59. The van der Waals surface area contributed by atoms with Crippen LogP contribution in [0.25, 0.3) is 0 Å². The molecule has 0 N–H and O–H groups in total. The summed E-state index contributed by atoms with van der Waals surface area (Å²) in [6, 6.07) is 10.9. The van der Waals surface area contributed by atoms with Gasteiger partial charge in [0.1, 0.15) is 0 Å². The van der Waals surface area contributed by atoms with Gasteiger partial charge in [-0.2, -0.15) is 4.31 Å². The van der Waals surface area contributed by atoms with Crippen molar-refractivity contribution in [2.75, 3.05) is 13.1 Å². The molecule has 144 valence electrons. The molecular weight excluding hydrogens is 373 g/mol. The van der Waals surface area contributed by atoms with Crippen LogP contribution in [0.3, 0.4) is 0 Å². The summed E-state index contributed by atoms with van der Waals surface area (Å²) in [6.07, 6.45) is -0.392. The molecule has 0 unspecified atom stereocenters. The lowest BCUT2D eigenvalue weighted by atomic mass is 10.2. The Balaban J connectivity index is 1.76. The fourth-order valence-corrected chi connectivity index (χ4v) is 4.52. The Morgan fingerprint density at radius 3 is 2.26 bits per heavy atom. The molecule has 2 aromatic rings. The van der Waals surface area contributed by atoms with Crippen LogP contribution >= 0.6 is 0 Å². The molecule has 1 saturated heterocycles. The second-order valence-corrected chi connectivity index (χ2v) is 8.36. The summed E-state index contributed by atoms with van der Waals surface area (Å²) in [7, 11) is -3.69. The number of morpholine rings is 1. The minimum atomic E-state index is -3.69. The van der Waals surface area contributed by atoms with Crippen LogP contribution in [-0.4, -0.2) is 44.0 Å². The van der Waals surface area contributed by atoms with Gasteiger partial charge in [-0.15, -0.1) is 0 Å². The highest BCUT2D eigenvalue weighted by atomic mass is 32.2. The number of para-hydroxylation sites is 1.